The maximum absolute atomic E-state index is 11.4. The second-order valence-corrected chi connectivity index (χ2v) is 4.14. The molecule has 0 saturated carbocycles. The molecule has 0 spiro atoms. The van der Waals surface area contributed by atoms with Crippen molar-refractivity contribution in [1.82, 2.24) is 4.98 Å². The van der Waals surface area contributed by atoms with Gasteiger partial charge in [-0.15, -0.1) is 0 Å². The molecule has 16 heavy (non-hydrogen) atoms. The molecule has 0 saturated heterocycles. The molecule has 0 amide bonds. The van der Waals surface area contributed by atoms with Gasteiger partial charge in [0.05, 0.1) is 11.4 Å². The van der Waals surface area contributed by atoms with Crippen LogP contribution in [0, 0.1) is 5.92 Å². The zero-order valence-electron chi connectivity index (χ0n) is 9.61. The molecule has 1 N–H and O–H groups in total. The van der Waals surface area contributed by atoms with Crippen molar-refractivity contribution in [3.05, 3.63) is 24.1 Å². The number of aromatic amines is 1. The minimum Gasteiger partial charge on any atom is -0.455 e. The Balaban J connectivity index is 2.13. The molecular weight excluding hydrogens is 206 g/mol. The molecule has 2 aromatic heterocycles. The lowest BCUT2D eigenvalue weighted by molar-refractivity contribution is -0.153. The first-order chi connectivity index (χ1) is 7.58. The van der Waals surface area contributed by atoms with Crippen LogP contribution >= 0.6 is 0 Å². The van der Waals surface area contributed by atoms with E-state index in [2.05, 4.69) is 4.98 Å². The van der Waals surface area contributed by atoms with Crippen LogP contribution in [-0.2, 0) is 9.53 Å². The van der Waals surface area contributed by atoms with Crippen molar-refractivity contribution in [1.29, 1.82) is 0 Å². The highest BCUT2D eigenvalue weighted by atomic mass is 16.6. The van der Waals surface area contributed by atoms with E-state index in [1.165, 1.54) is 0 Å². The fraction of sp³-hybridized carbons (Fsp3) is 0.417. The smallest absolute Gasteiger partial charge is 0.309 e. The lowest BCUT2D eigenvalue weighted by Crippen LogP contribution is -2.13. The van der Waals surface area contributed by atoms with Crippen LogP contribution < -0.4 is 0 Å². The fourth-order valence-electron chi connectivity index (χ4n) is 1.44. The van der Waals surface area contributed by atoms with E-state index >= 15 is 0 Å². The number of aromatic nitrogens is 1. The molecule has 4 heteroatoms. The number of rotatable bonds is 3. The highest BCUT2D eigenvalue weighted by Crippen LogP contribution is 2.25. The molecule has 0 radical (unpaired) electrons. The number of furan rings is 1. The lowest BCUT2D eigenvalue weighted by Gasteiger charge is -2.12. The molecule has 0 aromatic carbocycles. The quantitative estimate of drug-likeness (QED) is 0.810. The molecule has 1 atom stereocenters. The minimum atomic E-state index is -0.351. The molecule has 0 fully saturated rings. The van der Waals surface area contributed by atoms with E-state index in [1.807, 2.05) is 32.2 Å². The number of nitrogens with one attached hydrogen (secondary N) is 1. The van der Waals surface area contributed by atoms with Gasteiger partial charge < -0.3 is 14.1 Å². The zero-order valence-corrected chi connectivity index (χ0v) is 9.61. The molecule has 4 nitrogen and oxygen atoms in total. The number of ether oxygens (including phenoxy) is 1. The number of hydrogen-bond acceptors (Lipinski definition) is 3. The molecule has 0 aliphatic rings. The number of carbonyl (C=O) groups is 1. The summed E-state index contributed by atoms with van der Waals surface area (Å²) in [6.07, 6.45) is 1.46. The van der Waals surface area contributed by atoms with E-state index in [1.54, 1.807) is 6.92 Å². The Morgan fingerprint density at radius 2 is 2.19 bits per heavy atom. The third-order valence-electron chi connectivity index (χ3n) is 2.42. The van der Waals surface area contributed by atoms with Gasteiger partial charge in [0, 0.05) is 12.3 Å². The van der Waals surface area contributed by atoms with Crippen LogP contribution in [0.2, 0.25) is 0 Å². The Bertz CT molecular complexity index is 467. The fourth-order valence-corrected chi connectivity index (χ4v) is 1.44. The summed E-state index contributed by atoms with van der Waals surface area (Å²) >= 11 is 0. The zero-order chi connectivity index (χ0) is 11.7. The summed E-state index contributed by atoms with van der Waals surface area (Å²) in [6.45, 7) is 5.42. The molecule has 2 rings (SSSR count). The van der Waals surface area contributed by atoms with Gasteiger partial charge in [-0.05, 0) is 13.0 Å². The van der Waals surface area contributed by atoms with Crippen molar-refractivity contribution in [3.63, 3.8) is 0 Å². The summed E-state index contributed by atoms with van der Waals surface area (Å²) in [5.41, 5.74) is 1.70. The molecule has 0 bridgehead atoms. The van der Waals surface area contributed by atoms with Gasteiger partial charge in [0.2, 0.25) is 0 Å². The first-order valence-electron chi connectivity index (χ1n) is 5.35. The number of hydrogen-bond donors (Lipinski definition) is 1. The van der Waals surface area contributed by atoms with Crippen LogP contribution in [0.15, 0.2) is 22.7 Å². The van der Waals surface area contributed by atoms with Crippen LogP contribution in [-0.4, -0.2) is 11.0 Å². The SMILES string of the molecule is CC(C)C(=O)OC(C)c1cc2[nH]ccc2o1. The van der Waals surface area contributed by atoms with Crippen LogP contribution in [0.3, 0.4) is 0 Å². The Kier molecular flexibility index (Phi) is 2.73. The Morgan fingerprint density at radius 3 is 2.81 bits per heavy atom. The van der Waals surface area contributed by atoms with Gasteiger partial charge in [-0.1, -0.05) is 13.8 Å². The van der Waals surface area contributed by atoms with Crippen molar-refractivity contribution in [2.24, 2.45) is 5.92 Å². The van der Waals surface area contributed by atoms with Crippen LogP contribution in [0.25, 0.3) is 11.1 Å². The summed E-state index contributed by atoms with van der Waals surface area (Å²) in [4.78, 5) is 14.4. The summed E-state index contributed by atoms with van der Waals surface area (Å²) in [5.74, 6) is 0.325. The number of carbonyl (C=O) groups excluding carboxylic acids is 1. The van der Waals surface area contributed by atoms with Gasteiger partial charge in [0.25, 0.3) is 0 Å². The van der Waals surface area contributed by atoms with Crippen LogP contribution in [0.5, 0.6) is 0 Å². The first kappa shape index (κ1) is 10.8. The molecule has 0 aliphatic heterocycles. The molecule has 0 aliphatic carbocycles. The van der Waals surface area contributed by atoms with Gasteiger partial charge in [-0.3, -0.25) is 4.79 Å². The predicted molar refractivity (Wildman–Crippen MR) is 59.9 cm³/mol. The summed E-state index contributed by atoms with van der Waals surface area (Å²) < 4.78 is 10.8. The molecule has 86 valence electrons. The summed E-state index contributed by atoms with van der Waals surface area (Å²) in [5, 5.41) is 0. The molecule has 1 unspecified atom stereocenters. The lowest BCUT2D eigenvalue weighted by atomic mass is 10.2. The largest absolute Gasteiger partial charge is 0.455 e. The van der Waals surface area contributed by atoms with E-state index in [9.17, 15) is 4.79 Å². The van der Waals surface area contributed by atoms with Crippen molar-refractivity contribution in [3.8, 4) is 0 Å². The second kappa shape index (κ2) is 4.04. The van der Waals surface area contributed by atoms with Gasteiger partial charge in [-0.2, -0.15) is 0 Å². The highest BCUT2D eigenvalue weighted by molar-refractivity contribution is 5.74. The van der Waals surface area contributed by atoms with E-state index < -0.39 is 0 Å². The molecule has 2 heterocycles. The van der Waals surface area contributed by atoms with E-state index in [-0.39, 0.29) is 18.0 Å². The average molecular weight is 221 g/mol. The second-order valence-electron chi connectivity index (χ2n) is 4.14. The van der Waals surface area contributed by atoms with Crippen molar-refractivity contribution >= 4 is 17.1 Å². The van der Waals surface area contributed by atoms with E-state index in [0.29, 0.717) is 5.76 Å². The normalized spacial score (nSPS) is 13.2. The minimum absolute atomic E-state index is 0.123. The monoisotopic (exact) mass is 221 g/mol. The standard InChI is InChI=1S/C12H15NO3/c1-7(2)12(14)15-8(3)11-6-9-10(16-11)4-5-13-9/h4-8,13H,1-3H3. The Hall–Kier alpha value is -1.71. The van der Waals surface area contributed by atoms with Crippen molar-refractivity contribution < 1.29 is 13.9 Å². The average Bonchev–Trinajstić information content (AvgIpc) is 2.75. The van der Waals surface area contributed by atoms with E-state index in [0.717, 1.165) is 11.1 Å². The number of fused-ring (bicyclic) bond motifs is 1. The predicted octanol–water partition coefficient (Wildman–Crippen LogP) is 3.02. The third-order valence-corrected chi connectivity index (χ3v) is 2.42. The van der Waals surface area contributed by atoms with E-state index in [4.69, 9.17) is 9.15 Å². The highest BCUT2D eigenvalue weighted by Gasteiger charge is 2.18. The maximum atomic E-state index is 11.4. The molecular formula is C12H15NO3. The van der Waals surface area contributed by atoms with Crippen molar-refractivity contribution in [2.75, 3.05) is 0 Å². The maximum Gasteiger partial charge on any atom is 0.309 e. The third kappa shape index (κ3) is 1.96. The van der Waals surface area contributed by atoms with Gasteiger partial charge >= 0.3 is 5.97 Å². The Morgan fingerprint density at radius 1 is 1.44 bits per heavy atom. The summed E-state index contributed by atoms with van der Waals surface area (Å²) in [6, 6.07) is 3.70. The Labute approximate surface area is 93.6 Å². The van der Waals surface area contributed by atoms with Crippen LogP contribution in [0.4, 0.5) is 0 Å². The van der Waals surface area contributed by atoms with Gasteiger partial charge in [-0.25, -0.2) is 0 Å². The van der Waals surface area contributed by atoms with Crippen molar-refractivity contribution in [2.45, 2.75) is 26.9 Å². The molecule has 2 aromatic rings. The summed E-state index contributed by atoms with van der Waals surface area (Å²) in [7, 11) is 0. The first-order valence-corrected chi connectivity index (χ1v) is 5.35. The number of H-pyrrole nitrogens is 1. The van der Waals surface area contributed by atoms with Gasteiger partial charge in [0.1, 0.15) is 5.76 Å². The topological polar surface area (TPSA) is 55.2 Å². The van der Waals surface area contributed by atoms with Crippen LogP contribution in [0.1, 0.15) is 32.6 Å². The number of esters is 1. The van der Waals surface area contributed by atoms with Gasteiger partial charge in [0.15, 0.2) is 11.7 Å².